The summed E-state index contributed by atoms with van der Waals surface area (Å²) in [6.45, 7) is 1.91. The molecule has 2 aromatic carbocycles. The van der Waals surface area contributed by atoms with Crippen LogP contribution in [-0.2, 0) is 28.9 Å². The maximum atomic E-state index is 13.1. The quantitative estimate of drug-likeness (QED) is 0.725. The van der Waals surface area contributed by atoms with E-state index in [-0.39, 0.29) is 17.6 Å². The third-order valence-corrected chi connectivity index (χ3v) is 6.40. The number of hydrogen-bond donors (Lipinski definition) is 2. The van der Waals surface area contributed by atoms with Crippen molar-refractivity contribution in [1.82, 2.24) is 10.2 Å². The zero-order valence-corrected chi connectivity index (χ0v) is 18.4. The first-order valence-electron chi connectivity index (χ1n) is 11.1. The average molecular weight is 451 g/mol. The fourth-order valence-corrected chi connectivity index (χ4v) is 4.31. The molecule has 0 spiro atoms. The smallest absolute Gasteiger partial charge is 0.254 e. The van der Waals surface area contributed by atoms with Crippen LogP contribution in [0.2, 0.25) is 0 Å². The second kappa shape index (κ2) is 9.69. The number of benzene rings is 2. The molecule has 1 atom stereocenters. The standard InChI is InChI=1S/C25H27FN4O3/c26-21-5-3-18(4-6-21)23(31)30-10-7-19-13-17(1-2-20(19)16-30)14-22(15-27)29-24(32)25(28)8-11-33-12-9-25/h1-6,13,22H,7-12,14,16,28H2,(H,29,32). The number of ether oxygens (including phenoxy) is 1. The van der Waals surface area contributed by atoms with Crippen molar-refractivity contribution >= 4 is 11.8 Å². The van der Waals surface area contributed by atoms with Crippen molar-refractivity contribution in [3.05, 3.63) is 70.5 Å². The van der Waals surface area contributed by atoms with Crippen LogP contribution in [0.15, 0.2) is 42.5 Å². The lowest BCUT2D eigenvalue weighted by Crippen LogP contribution is -2.58. The number of fused-ring (bicyclic) bond motifs is 1. The van der Waals surface area contributed by atoms with Crippen molar-refractivity contribution in [3.63, 3.8) is 0 Å². The largest absolute Gasteiger partial charge is 0.381 e. The van der Waals surface area contributed by atoms with Gasteiger partial charge in [0.25, 0.3) is 5.91 Å². The zero-order valence-electron chi connectivity index (χ0n) is 18.4. The summed E-state index contributed by atoms with van der Waals surface area (Å²) in [5, 5.41) is 12.4. The average Bonchev–Trinajstić information content (AvgIpc) is 2.83. The molecule has 7 nitrogen and oxygen atoms in total. The SMILES string of the molecule is N#CC(Cc1ccc2c(c1)CCN(C(=O)c1ccc(F)cc1)C2)NC(=O)C1(N)CCOCC1. The van der Waals surface area contributed by atoms with Gasteiger partial charge in [-0.15, -0.1) is 0 Å². The van der Waals surface area contributed by atoms with Gasteiger partial charge < -0.3 is 20.7 Å². The number of halogens is 1. The third kappa shape index (κ3) is 5.21. The lowest BCUT2D eigenvalue weighted by molar-refractivity contribution is -0.130. The second-order valence-corrected chi connectivity index (χ2v) is 8.71. The highest BCUT2D eigenvalue weighted by Crippen LogP contribution is 2.23. The molecule has 8 heteroatoms. The Labute approximate surface area is 192 Å². The first-order chi connectivity index (χ1) is 15.9. The monoisotopic (exact) mass is 450 g/mol. The summed E-state index contributed by atoms with van der Waals surface area (Å²) in [6.07, 6.45) is 1.93. The van der Waals surface area contributed by atoms with Crippen LogP contribution in [0, 0.1) is 17.1 Å². The number of carbonyl (C=O) groups is 2. The van der Waals surface area contributed by atoms with Gasteiger partial charge in [0.15, 0.2) is 0 Å². The Morgan fingerprint density at radius 1 is 1.18 bits per heavy atom. The lowest BCUT2D eigenvalue weighted by Gasteiger charge is -2.32. The van der Waals surface area contributed by atoms with Crippen LogP contribution in [0.25, 0.3) is 0 Å². The topological polar surface area (TPSA) is 108 Å². The van der Waals surface area contributed by atoms with Gasteiger partial charge in [-0.1, -0.05) is 18.2 Å². The van der Waals surface area contributed by atoms with Gasteiger partial charge in [-0.2, -0.15) is 5.26 Å². The Kier molecular flexibility index (Phi) is 6.72. The van der Waals surface area contributed by atoms with Crippen LogP contribution < -0.4 is 11.1 Å². The van der Waals surface area contributed by atoms with Crippen LogP contribution in [0.1, 0.15) is 39.9 Å². The molecule has 3 N–H and O–H groups in total. The Morgan fingerprint density at radius 2 is 1.91 bits per heavy atom. The van der Waals surface area contributed by atoms with Crippen molar-refractivity contribution in [2.45, 2.75) is 43.8 Å². The summed E-state index contributed by atoms with van der Waals surface area (Å²) < 4.78 is 18.4. The second-order valence-electron chi connectivity index (χ2n) is 8.71. The first kappa shape index (κ1) is 22.9. The Hall–Kier alpha value is -3.28. The summed E-state index contributed by atoms with van der Waals surface area (Å²) in [7, 11) is 0. The number of rotatable bonds is 5. The summed E-state index contributed by atoms with van der Waals surface area (Å²) in [6, 6.07) is 13.0. The van der Waals surface area contributed by atoms with Gasteiger partial charge in [0, 0.05) is 38.3 Å². The van der Waals surface area contributed by atoms with Crippen LogP contribution in [-0.4, -0.2) is 48.1 Å². The molecule has 4 rings (SSSR count). The van der Waals surface area contributed by atoms with Gasteiger partial charge >= 0.3 is 0 Å². The van der Waals surface area contributed by atoms with Crippen LogP contribution >= 0.6 is 0 Å². The zero-order chi connectivity index (χ0) is 23.4. The number of nitrogens with one attached hydrogen (secondary N) is 1. The molecular formula is C25H27FN4O3. The van der Waals surface area contributed by atoms with E-state index in [4.69, 9.17) is 10.5 Å². The van der Waals surface area contributed by atoms with Crippen LogP contribution in [0.3, 0.4) is 0 Å². The molecule has 2 amide bonds. The molecule has 2 aliphatic rings. The summed E-state index contributed by atoms with van der Waals surface area (Å²) in [5.41, 5.74) is 8.80. The number of hydrogen-bond acceptors (Lipinski definition) is 5. The lowest BCUT2D eigenvalue weighted by atomic mass is 9.89. The van der Waals surface area contributed by atoms with Gasteiger partial charge in [0.1, 0.15) is 11.9 Å². The van der Waals surface area contributed by atoms with E-state index in [9.17, 15) is 19.2 Å². The summed E-state index contributed by atoms with van der Waals surface area (Å²) in [5.74, 6) is -0.810. The normalized spacial score (nSPS) is 18.0. The summed E-state index contributed by atoms with van der Waals surface area (Å²) >= 11 is 0. The van der Waals surface area contributed by atoms with E-state index in [2.05, 4.69) is 11.4 Å². The number of nitriles is 1. The number of nitrogens with two attached hydrogens (primary N) is 1. The highest BCUT2D eigenvalue weighted by atomic mass is 19.1. The van der Waals surface area contributed by atoms with Crippen molar-refractivity contribution in [3.8, 4) is 6.07 Å². The Bertz CT molecular complexity index is 1070. The highest BCUT2D eigenvalue weighted by Gasteiger charge is 2.37. The van der Waals surface area contributed by atoms with Gasteiger partial charge in [-0.25, -0.2) is 4.39 Å². The van der Waals surface area contributed by atoms with Crippen molar-refractivity contribution in [1.29, 1.82) is 5.26 Å². The predicted octanol–water partition coefficient (Wildman–Crippen LogP) is 2.08. The van der Waals surface area contributed by atoms with Gasteiger partial charge in [-0.05, 0) is 60.2 Å². The van der Waals surface area contributed by atoms with Crippen LogP contribution in [0.4, 0.5) is 4.39 Å². The van der Waals surface area contributed by atoms with Gasteiger partial charge in [0.05, 0.1) is 11.6 Å². The number of nitrogens with zero attached hydrogens (tertiary/aromatic N) is 2. The minimum Gasteiger partial charge on any atom is -0.381 e. The maximum Gasteiger partial charge on any atom is 0.254 e. The van der Waals surface area contributed by atoms with E-state index in [1.54, 1.807) is 4.90 Å². The van der Waals surface area contributed by atoms with Crippen molar-refractivity contribution < 1.29 is 18.7 Å². The predicted molar refractivity (Wildman–Crippen MR) is 120 cm³/mol. The minimum atomic E-state index is -0.996. The van der Waals surface area contributed by atoms with Gasteiger partial charge in [-0.3, -0.25) is 9.59 Å². The molecule has 1 unspecified atom stereocenters. The summed E-state index contributed by atoms with van der Waals surface area (Å²) in [4.78, 5) is 27.1. The molecule has 2 aromatic rings. The van der Waals surface area contributed by atoms with Crippen molar-refractivity contribution in [2.24, 2.45) is 5.73 Å². The minimum absolute atomic E-state index is 0.124. The molecule has 33 heavy (non-hydrogen) atoms. The molecule has 2 heterocycles. The molecule has 0 radical (unpaired) electrons. The molecule has 0 aromatic heterocycles. The first-order valence-corrected chi connectivity index (χ1v) is 11.1. The Morgan fingerprint density at radius 3 is 2.61 bits per heavy atom. The number of amides is 2. The highest BCUT2D eigenvalue weighted by molar-refractivity contribution is 5.94. The molecule has 0 bridgehead atoms. The third-order valence-electron chi connectivity index (χ3n) is 6.40. The van der Waals surface area contributed by atoms with Crippen LogP contribution in [0.5, 0.6) is 0 Å². The molecule has 1 saturated heterocycles. The molecule has 172 valence electrons. The molecule has 2 aliphatic heterocycles. The molecular weight excluding hydrogens is 423 g/mol. The van der Waals surface area contributed by atoms with Crippen molar-refractivity contribution in [2.75, 3.05) is 19.8 Å². The van der Waals surface area contributed by atoms with E-state index in [0.29, 0.717) is 57.6 Å². The molecule has 1 fully saturated rings. The fraction of sp³-hybridized carbons (Fsp3) is 0.400. The fourth-order valence-electron chi connectivity index (χ4n) is 4.31. The van der Waals surface area contributed by atoms with E-state index < -0.39 is 11.6 Å². The molecule has 0 saturated carbocycles. The Balaban J connectivity index is 1.39. The maximum absolute atomic E-state index is 13.1. The van der Waals surface area contributed by atoms with Gasteiger partial charge in [0.2, 0.25) is 5.91 Å². The van der Waals surface area contributed by atoms with E-state index in [1.165, 1.54) is 24.3 Å². The van der Waals surface area contributed by atoms with E-state index in [0.717, 1.165) is 16.7 Å². The number of carbonyl (C=O) groups excluding carboxylic acids is 2. The van der Waals surface area contributed by atoms with E-state index in [1.807, 2.05) is 18.2 Å². The molecule has 0 aliphatic carbocycles. The van der Waals surface area contributed by atoms with E-state index >= 15 is 0 Å².